The highest BCUT2D eigenvalue weighted by atomic mass is 19.3. The fourth-order valence-electron chi connectivity index (χ4n) is 2.92. The van der Waals surface area contributed by atoms with Gasteiger partial charge in [-0.05, 0) is 12.3 Å². The molecule has 2 bridgehead atoms. The van der Waals surface area contributed by atoms with Crippen LogP contribution in [0.25, 0.3) is 0 Å². The molecule has 1 aliphatic carbocycles. The van der Waals surface area contributed by atoms with Crippen molar-refractivity contribution in [2.24, 2.45) is 11.8 Å². The molecule has 1 unspecified atom stereocenters. The van der Waals surface area contributed by atoms with Crippen LogP contribution in [0.4, 0.5) is 8.78 Å². The van der Waals surface area contributed by atoms with Crippen LogP contribution in [0.5, 0.6) is 0 Å². The summed E-state index contributed by atoms with van der Waals surface area (Å²) in [6.07, 6.45) is 0.462. The van der Waals surface area contributed by atoms with Gasteiger partial charge in [0.05, 0.1) is 5.60 Å². The van der Waals surface area contributed by atoms with E-state index in [0.717, 1.165) is 0 Å². The Labute approximate surface area is 78.2 Å². The second kappa shape index (κ2) is 2.47. The summed E-state index contributed by atoms with van der Waals surface area (Å²) in [5.74, 6) is -3.54. The van der Waals surface area contributed by atoms with Crippen LogP contribution in [0, 0.1) is 11.8 Å². The van der Waals surface area contributed by atoms with Gasteiger partial charge in [-0.15, -0.1) is 0 Å². The summed E-state index contributed by atoms with van der Waals surface area (Å²) in [4.78, 5) is 0. The van der Waals surface area contributed by atoms with Crippen molar-refractivity contribution < 1.29 is 13.5 Å². The van der Waals surface area contributed by atoms with E-state index in [2.05, 4.69) is 0 Å². The molecule has 4 heteroatoms. The van der Waals surface area contributed by atoms with Gasteiger partial charge in [-0.25, -0.2) is 8.78 Å². The van der Waals surface area contributed by atoms with Crippen molar-refractivity contribution in [2.45, 2.75) is 44.2 Å². The van der Waals surface area contributed by atoms with Crippen molar-refractivity contribution in [3.63, 3.8) is 0 Å². The van der Waals surface area contributed by atoms with Crippen LogP contribution in [0.1, 0.15) is 26.7 Å². The first-order chi connectivity index (χ1) is 5.93. The highest BCUT2D eigenvalue weighted by molar-refractivity contribution is 6.11. The Morgan fingerprint density at radius 3 is 2.46 bits per heavy atom. The van der Waals surface area contributed by atoms with E-state index in [0.29, 0.717) is 6.42 Å². The molecule has 2 radical (unpaired) electrons. The molecule has 72 valence electrons. The quantitative estimate of drug-likeness (QED) is 0.568. The molecule has 2 rings (SSSR count). The topological polar surface area (TPSA) is 9.23 Å². The molecule has 0 aromatic carbocycles. The lowest BCUT2D eigenvalue weighted by Gasteiger charge is -2.33. The highest BCUT2D eigenvalue weighted by Gasteiger charge is 2.68. The molecular formula is C9H13BF2O. The second-order valence-electron chi connectivity index (χ2n) is 4.25. The predicted molar refractivity (Wildman–Crippen MR) is 45.9 cm³/mol. The number of hydrogen-bond acceptors (Lipinski definition) is 1. The minimum absolute atomic E-state index is 0.123. The van der Waals surface area contributed by atoms with Crippen LogP contribution in [0.2, 0.25) is 0 Å². The van der Waals surface area contributed by atoms with Crippen LogP contribution in [-0.4, -0.2) is 25.4 Å². The van der Waals surface area contributed by atoms with Crippen molar-refractivity contribution in [1.82, 2.24) is 0 Å². The van der Waals surface area contributed by atoms with E-state index in [1.54, 1.807) is 0 Å². The molecule has 0 aromatic heterocycles. The number of halogens is 2. The summed E-state index contributed by atoms with van der Waals surface area (Å²) in [5, 5.41) is 0. The van der Waals surface area contributed by atoms with Gasteiger partial charge in [0.2, 0.25) is 0 Å². The van der Waals surface area contributed by atoms with Gasteiger partial charge in [0.15, 0.2) is 0 Å². The van der Waals surface area contributed by atoms with Crippen molar-refractivity contribution in [1.29, 1.82) is 0 Å². The maximum absolute atomic E-state index is 13.4. The molecule has 4 atom stereocenters. The Balaban J connectivity index is 2.36. The Morgan fingerprint density at radius 2 is 2.15 bits per heavy atom. The van der Waals surface area contributed by atoms with E-state index in [1.165, 1.54) is 0 Å². The van der Waals surface area contributed by atoms with Gasteiger partial charge in [-0.2, -0.15) is 0 Å². The number of ether oxygens (including phenoxy) is 1. The molecule has 0 spiro atoms. The van der Waals surface area contributed by atoms with Gasteiger partial charge in [0.25, 0.3) is 5.92 Å². The average molecular weight is 186 g/mol. The molecule has 0 aromatic rings. The first kappa shape index (κ1) is 9.44. The minimum Gasteiger partial charge on any atom is -0.381 e. The maximum Gasteiger partial charge on any atom is 0.255 e. The molecule has 1 aliphatic heterocycles. The van der Waals surface area contributed by atoms with E-state index in [-0.39, 0.29) is 12.3 Å². The molecule has 1 saturated heterocycles. The third kappa shape index (κ3) is 1.01. The summed E-state index contributed by atoms with van der Waals surface area (Å²) in [6, 6.07) is -0.779. The lowest BCUT2D eigenvalue weighted by Crippen LogP contribution is -2.41. The normalized spacial score (nSPS) is 52.8. The number of rotatable bonds is 1. The van der Waals surface area contributed by atoms with Crippen LogP contribution < -0.4 is 0 Å². The summed E-state index contributed by atoms with van der Waals surface area (Å²) in [5.41, 5.74) is -0.659. The fraction of sp³-hybridized carbons (Fsp3) is 1.00. The highest BCUT2D eigenvalue weighted by Crippen LogP contribution is 2.60. The van der Waals surface area contributed by atoms with Crippen LogP contribution >= 0.6 is 0 Å². The van der Waals surface area contributed by atoms with E-state index >= 15 is 0 Å². The van der Waals surface area contributed by atoms with Crippen molar-refractivity contribution in [3.8, 4) is 0 Å². The van der Waals surface area contributed by atoms with E-state index in [1.807, 2.05) is 13.8 Å². The third-order valence-corrected chi connectivity index (χ3v) is 3.71. The number of hydrogen-bond donors (Lipinski definition) is 0. The molecule has 1 saturated carbocycles. The zero-order valence-electron chi connectivity index (χ0n) is 7.89. The van der Waals surface area contributed by atoms with Crippen molar-refractivity contribution in [2.75, 3.05) is 0 Å². The van der Waals surface area contributed by atoms with Gasteiger partial charge >= 0.3 is 0 Å². The van der Waals surface area contributed by atoms with Crippen LogP contribution in [0.15, 0.2) is 0 Å². The van der Waals surface area contributed by atoms with Crippen LogP contribution in [-0.2, 0) is 4.74 Å². The van der Waals surface area contributed by atoms with Gasteiger partial charge in [-0.3, -0.25) is 0 Å². The standard InChI is InChI=1S/C9H13BF2O/c1-3-8-4-9(11,12)6(5(8)2)7(10)13-8/h5-7H,3-4H2,1-2H3/t5?,6-,7+,8-/m0/s1. The van der Waals surface area contributed by atoms with Gasteiger partial charge in [0, 0.05) is 18.3 Å². The smallest absolute Gasteiger partial charge is 0.255 e. The van der Waals surface area contributed by atoms with E-state index in [4.69, 9.17) is 12.6 Å². The predicted octanol–water partition coefficient (Wildman–Crippen LogP) is 1.95. The molecule has 2 aliphatic rings. The lowest BCUT2D eigenvalue weighted by molar-refractivity contribution is -0.147. The Hall–Kier alpha value is -0.115. The molecule has 0 amide bonds. The lowest BCUT2D eigenvalue weighted by atomic mass is 9.80. The average Bonchev–Trinajstić information content (AvgIpc) is 2.33. The van der Waals surface area contributed by atoms with E-state index in [9.17, 15) is 8.78 Å². The Kier molecular flexibility index (Phi) is 1.79. The van der Waals surface area contributed by atoms with Crippen LogP contribution in [0.3, 0.4) is 0 Å². The summed E-state index contributed by atoms with van der Waals surface area (Å²) < 4.78 is 32.3. The zero-order chi connectivity index (χ0) is 9.85. The largest absolute Gasteiger partial charge is 0.381 e. The Morgan fingerprint density at radius 1 is 1.54 bits per heavy atom. The van der Waals surface area contributed by atoms with Crippen molar-refractivity contribution in [3.05, 3.63) is 0 Å². The SMILES string of the molecule is [B][C@@H]1O[C@@]2(CC)CC(F)(F)[C@H]1C2C. The zero-order valence-corrected chi connectivity index (χ0v) is 7.89. The molecule has 0 N–H and O–H groups in total. The van der Waals surface area contributed by atoms with E-state index < -0.39 is 23.4 Å². The molecule has 13 heavy (non-hydrogen) atoms. The van der Waals surface area contributed by atoms with Gasteiger partial charge in [0.1, 0.15) is 7.85 Å². The summed E-state index contributed by atoms with van der Waals surface area (Å²) in [6.45, 7) is 3.70. The fourth-order valence-corrected chi connectivity index (χ4v) is 2.92. The molecule has 1 heterocycles. The molecule has 2 fully saturated rings. The first-order valence-corrected chi connectivity index (χ1v) is 4.74. The Bertz CT molecular complexity index is 234. The first-order valence-electron chi connectivity index (χ1n) is 4.74. The van der Waals surface area contributed by atoms with Crippen molar-refractivity contribution >= 4 is 7.85 Å². The summed E-state index contributed by atoms with van der Waals surface area (Å²) in [7, 11) is 5.54. The molecular weight excluding hydrogens is 173 g/mol. The summed E-state index contributed by atoms with van der Waals surface area (Å²) >= 11 is 0. The number of fused-ring (bicyclic) bond motifs is 2. The number of alkyl halides is 2. The molecule has 1 nitrogen and oxygen atoms in total. The van der Waals surface area contributed by atoms with Gasteiger partial charge < -0.3 is 4.74 Å². The second-order valence-corrected chi connectivity index (χ2v) is 4.25. The minimum atomic E-state index is -2.63. The third-order valence-electron chi connectivity index (χ3n) is 3.71. The monoisotopic (exact) mass is 186 g/mol. The maximum atomic E-state index is 13.4. The van der Waals surface area contributed by atoms with Gasteiger partial charge in [-0.1, -0.05) is 13.8 Å².